The Morgan fingerprint density at radius 1 is 0.667 bits per heavy atom. The Balaban J connectivity index is 1.61. The molecule has 0 saturated heterocycles. The zero-order chi connectivity index (χ0) is 12.4. The highest BCUT2D eigenvalue weighted by atomic mass is 15.4. The molecule has 0 spiro atoms. The molecule has 2 saturated carbocycles. The molecule has 2 fully saturated rings. The fourth-order valence-corrected chi connectivity index (χ4v) is 4.17. The smallest absolute Gasteiger partial charge is 0.0983 e. The van der Waals surface area contributed by atoms with Crippen molar-refractivity contribution in [3.8, 4) is 0 Å². The molecule has 0 aromatic carbocycles. The van der Waals surface area contributed by atoms with Gasteiger partial charge in [-0.3, -0.25) is 0 Å². The van der Waals surface area contributed by atoms with Gasteiger partial charge in [0, 0.05) is 24.5 Å². The van der Waals surface area contributed by atoms with Gasteiger partial charge in [0.05, 0.1) is 6.17 Å². The van der Waals surface area contributed by atoms with Gasteiger partial charge in [0.15, 0.2) is 0 Å². The van der Waals surface area contributed by atoms with E-state index < -0.39 is 0 Å². The fourth-order valence-electron chi connectivity index (χ4n) is 4.17. The Bertz CT molecular complexity index is 259. The van der Waals surface area contributed by atoms with Crippen LogP contribution in [-0.2, 0) is 0 Å². The highest BCUT2D eigenvalue weighted by Crippen LogP contribution is 2.32. The van der Waals surface area contributed by atoms with Crippen molar-refractivity contribution in [3.63, 3.8) is 0 Å². The lowest BCUT2D eigenvalue weighted by Gasteiger charge is -2.41. The zero-order valence-corrected chi connectivity index (χ0v) is 11.9. The third-order valence-corrected chi connectivity index (χ3v) is 5.27. The first-order valence-corrected chi connectivity index (χ1v) is 8.09. The summed E-state index contributed by atoms with van der Waals surface area (Å²) in [6.07, 6.45) is 19.7. The van der Waals surface area contributed by atoms with E-state index >= 15 is 0 Å². The van der Waals surface area contributed by atoms with Crippen LogP contribution in [0.25, 0.3) is 0 Å². The van der Waals surface area contributed by atoms with E-state index in [9.17, 15) is 0 Å². The van der Waals surface area contributed by atoms with Crippen LogP contribution in [0.15, 0.2) is 12.4 Å². The summed E-state index contributed by atoms with van der Waals surface area (Å²) in [5.41, 5.74) is 0. The molecule has 0 radical (unpaired) electrons. The van der Waals surface area contributed by atoms with Crippen LogP contribution in [0.5, 0.6) is 0 Å². The van der Waals surface area contributed by atoms with Gasteiger partial charge in [0.25, 0.3) is 0 Å². The molecule has 2 aliphatic carbocycles. The van der Waals surface area contributed by atoms with Crippen LogP contribution in [0, 0.1) is 0 Å². The Morgan fingerprint density at radius 3 is 1.44 bits per heavy atom. The van der Waals surface area contributed by atoms with Crippen molar-refractivity contribution in [1.82, 2.24) is 9.80 Å². The second-order valence-corrected chi connectivity index (χ2v) is 6.41. The van der Waals surface area contributed by atoms with Crippen molar-refractivity contribution < 1.29 is 0 Å². The zero-order valence-electron chi connectivity index (χ0n) is 11.9. The molecule has 0 aromatic rings. The second kappa shape index (κ2) is 5.54. The maximum Gasteiger partial charge on any atom is 0.0983 e. The van der Waals surface area contributed by atoms with E-state index in [1.165, 1.54) is 64.2 Å². The Morgan fingerprint density at radius 2 is 1.06 bits per heavy atom. The van der Waals surface area contributed by atoms with E-state index in [4.69, 9.17) is 0 Å². The monoisotopic (exact) mass is 248 g/mol. The van der Waals surface area contributed by atoms with Crippen molar-refractivity contribution in [3.05, 3.63) is 12.4 Å². The third-order valence-electron chi connectivity index (χ3n) is 5.27. The highest BCUT2D eigenvalue weighted by molar-refractivity contribution is 5.01. The van der Waals surface area contributed by atoms with Gasteiger partial charge in [-0.15, -0.1) is 0 Å². The van der Waals surface area contributed by atoms with Crippen LogP contribution in [0.2, 0.25) is 0 Å². The van der Waals surface area contributed by atoms with Gasteiger partial charge in [0.1, 0.15) is 0 Å². The quantitative estimate of drug-likeness (QED) is 0.726. The minimum atomic E-state index is 0.608. The summed E-state index contributed by atoms with van der Waals surface area (Å²) in [6, 6.07) is 1.64. The summed E-state index contributed by atoms with van der Waals surface area (Å²) >= 11 is 0. The van der Waals surface area contributed by atoms with E-state index in [-0.39, 0.29) is 0 Å². The number of hydrogen-bond donors (Lipinski definition) is 0. The van der Waals surface area contributed by atoms with Crippen LogP contribution >= 0.6 is 0 Å². The molecular formula is C16H28N2. The minimum Gasteiger partial charge on any atom is -0.353 e. The van der Waals surface area contributed by atoms with E-state index in [1.54, 1.807) is 0 Å². The normalized spacial score (nSPS) is 28.3. The van der Waals surface area contributed by atoms with Gasteiger partial charge in [-0.25, -0.2) is 0 Å². The van der Waals surface area contributed by atoms with E-state index in [1.807, 2.05) is 0 Å². The van der Waals surface area contributed by atoms with Gasteiger partial charge in [-0.2, -0.15) is 0 Å². The molecular weight excluding hydrogens is 220 g/mol. The third kappa shape index (κ3) is 2.39. The van der Waals surface area contributed by atoms with Crippen LogP contribution < -0.4 is 0 Å². The number of nitrogens with zero attached hydrogens (tertiary/aromatic N) is 2. The van der Waals surface area contributed by atoms with Gasteiger partial charge >= 0.3 is 0 Å². The molecule has 3 rings (SSSR count). The van der Waals surface area contributed by atoms with Crippen molar-refractivity contribution in [2.24, 2.45) is 0 Å². The lowest BCUT2D eigenvalue weighted by Crippen LogP contribution is -2.46. The molecule has 18 heavy (non-hydrogen) atoms. The molecule has 3 aliphatic rings. The van der Waals surface area contributed by atoms with Crippen LogP contribution in [0.3, 0.4) is 0 Å². The number of hydrogen-bond acceptors (Lipinski definition) is 2. The van der Waals surface area contributed by atoms with Crippen molar-refractivity contribution in [2.45, 2.75) is 89.4 Å². The lowest BCUT2D eigenvalue weighted by molar-refractivity contribution is 0.0700. The Labute approximate surface area is 112 Å². The fraction of sp³-hybridized carbons (Fsp3) is 0.875. The predicted molar refractivity (Wildman–Crippen MR) is 76.0 cm³/mol. The van der Waals surface area contributed by atoms with Gasteiger partial charge in [-0.05, 0) is 32.6 Å². The van der Waals surface area contributed by atoms with E-state index in [0.29, 0.717) is 6.17 Å². The largest absolute Gasteiger partial charge is 0.353 e. The van der Waals surface area contributed by atoms with Crippen LogP contribution in [-0.4, -0.2) is 28.0 Å². The molecule has 1 heterocycles. The molecule has 0 aromatic heterocycles. The SMILES string of the molecule is CC1N(C2CCCCC2)C=CN1C1CCCCC1. The maximum atomic E-state index is 2.65. The summed E-state index contributed by atoms with van der Waals surface area (Å²) in [4.78, 5) is 5.29. The van der Waals surface area contributed by atoms with Gasteiger partial charge in [0.2, 0.25) is 0 Å². The summed E-state index contributed by atoms with van der Waals surface area (Å²) in [5, 5.41) is 0. The summed E-state index contributed by atoms with van der Waals surface area (Å²) in [7, 11) is 0. The number of rotatable bonds is 2. The summed E-state index contributed by atoms with van der Waals surface area (Å²) in [6.45, 7) is 2.41. The molecule has 0 N–H and O–H groups in total. The highest BCUT2D eigenvalue weighted by Gasteiger charge is 2.32. The topological polar surface area (TPSA) is 6.48 Å². The van der Waals surface area contributed by atoms with Crippen LogP contribution in [0.1, 0.15) is 71.1 Å². The van der Waals surface area contributed by atoms with Gasteiger partial charge < -0.3 is 9.80 Å². The Hall–Kier alpha value is -0.660. The first kappa shape index (κ1) is 12.4. The minimum absolute atomic E-state index is 0.608. The maximum absolute atomic E-state index is 2.65. The van der Waals surface area contributed by atoms with Crippen molar-refractivity contribution >= 4 is 0 Å². The molecule has 1 aliphatic heterocycles. The molecule has 102 valence electrons. The van der Waals surface area contributed by atoms with E-state index in [2.05, 4.69) is 29.1 Å². The summed E-state index contributed by atoms with van der Waals surface area (Å²) < 4.78 is 0. The summed E-state index contributed by atoms with van der Waals surface area (Å²) in [5.74, 6) is 0. The standard InChI is InChI=1S/C16H28N2/c1-14-17(15-8-4-2-5-9-15)12-13-18(14)16-10-6-3-7-11-16/h12-16H,2-11H2,1H3. The average Bonchev–Trinajstić information content (AvgIpc) is 2.83. The average molecular weight is 248 g/mol. The molecule has 0 amide bonds. The Kier molecular flexibility index (Phi) is 3.81. The molecule has 0 unspecified atom stereocenters. The van der Waals surface area contributed by atoms with Crippen molar-refractivity contribution in [1.29, 1.82) is 0 Å². The molecule has 0 atom stereocenters. The molecule has 0 bridgehead atoms. The first-order chi connectivity index (χ1) is 8.86. The van der Waals surface area contributed by atoms with E-state index in [0.717, 1.165) is 12.1 Å². The van der Waals surface area contributed by atoms with Crippen molar-refractivity contribution in [2.75, 3.05) is 0 Å². The molecule has 2 nitrogen and oxygen atoms in total. The van der Waals surface area contributed by atoms with Crippen LogP contribution in [0.4, 0.5) is 0 Å². The van der Waals surface area contributed by atoms with Gasteiger partial charge in [-0.1, -0.05) is 38.5 Å². The molecule has 2 heteroatoms. The lowest BCUT2D eigenvalue weighted by atomic mass is 9.93. The second-order valence-electron chi connectivity index (χ2n) is 6.41. The predicted octanol–water partition coefficient (Wildman–Crippen LogP) is 4.09. The first-order valence-electron chi connectivity index (χ1n) is 8.09.